The number of hydrogen-bond acceptors (Lipinski definition) is 8. The fraction of sp³-hybridized carbons (Fsp3) is 0.333. The van der Waals surface area contributed by atoms with Crippen molar-refractivity contribution in [3.63, 3.8) is 0 Å². The average Bonchev–Trinajstić information content (AvgIpc) is 3.30. The molecule has 1 aromatic carbocycles. The Kier molecular flexibility index (Phi) is 6.81. The third-order valence-electron chi connectivity index (χ3n) is 3.86. The molecule has 0 fully saturated rings. The minimum atomic E-state index is 0.0123. The van der Waals surface area contributed by atoms with Crippen LogP contribution in [0.5, 0.6) is 0 Å². The molecule has 0 aliphatic carbocycles. The highest BCUT2D eigenvalue weighted by molar-refractivity contribution is 8.00. The van der Waals surface area contributed by atoms with E-state index in [4.69, 9.17) is 0 Å². The SMILES string of the molecule is CCc1ccccc1Nc1nnc(SCc2csc(N(CC)C(C)=O)n2)s1. The number of thiazole rings is 1. The van der Waals surface area contributed by atoms with E-state index in [0.29, 0.717) is 12.3 Å². The Morgan fingerprint density at radius 3 is 2.81 bits per heavy atom. The Morgan fingerprint density at radius 2 is 2.07 bits per heavy atom. The minimum Gasteiger partial charge on any atom is -0.330 e. The number of para-hydroxylation sites is 1. The number of amides is 1. The number of anilines is 3. The Hall–Kier alpha value is -1.97. The maximum atomic E-state index is 11.6. The number of nitrogens with zero attached hydrogens (tertiary/aromatic N) is 4. The highest BCUT2D eigenvalue weighted by Crippen LogP contribution is 2.32. The maximum Gasteiger partial charge on any atom is 0.225 e. The summed E-state index contributed by atoms with van der Waals surface area (Å²) in [6.07, 6.45) is 0.963. The molecule has 2 aromatic heterocycles. The third-order valence-corrected chi connectivity index (χ3v) is 6.77. The fourth-order valence-electron chi connectivity index (χ4n) is 2.50. The number of benzene rings is 1. The van der Waals surface area contributed by atoms with Crippen LogP contribution in [0.25, 0.3) is 0 Å². The summed E-state index contributed by atoms with van der Waals surface area (Å²) in [7, 11) is 0. The number of carbonyl (C=O) groups excluding carboxylic acids is 1. The predicted octanol–water partition coefficient (Wildman–Crippen LogP) is 4.97. The molecule has 3 rings (SSSR count). The van der Waals surface area contributed by atoms with Crippen LogP contribution < -0.4 is 10.2 Å². The van der Waals surface area contributed by atoms with E-state index in [9.17, 15) is 4.79 Å². The first kappa shape index (κ1) is 19.8. The number of carbonyl (C=O) groups is 1. The topological polar surface area (TPSA) is 71.0 Å². The van der Waals surface area contributed by atoms with Gasteiger partial charge in [0.05, 0.1) is 5.69 Å². The van der Waals surface area contributed by atoms with Crippen molar-refractivity contribution in [1.29, 1.82) is 0 Å². The van der Waals surface area contributed by atoms with Crippen LogP contribution in [0.3, 0.4) is 0 Å². The molecule has 9 heteroatoms. The lowest BCUT2D eigenvalue weighted by Gasteiger charge is -2.14. The highest BCUT2D eigenvalue weighted by Gasteiger charge is 2.14. The number of thioether (sulfide) groups is 1. The fourth-order valence-corrected chi connectivity index (χ4v) is 5.19. The normalized spacial score (nSPS) is 10.8. The first-order valence-corrected chi connectivity index (χ1v) is 11.3. The molecule has 0 bridgehead atoms. The van der Waals surface area contributed by atoms with Gasteiger partial charge < -0.3 is 5.32 Å². The Bertz CT molecular complexity index is 908. The van der Waals surface area contributed by atoms with Gasteiger partial charge in [-0.2, -0.15) is 0 Å². The van der Waals surface area contributed by atoms with E-state index in [1.54, 1.807) is 23.6 Å². The smallest absolute Gasteiger partial charge is 0.225 e. The van der Waals surface area contributed by atoms with Crippen molar-refractivity contribution in [2.45, 2.75) is 37.3 Å². The van der Waals surface area contributed by atoms with Gasteiger partial charge in [0.15, 0.2) is 9.47 Å². The van der Waals surface area contributed by atoms with Gasteiger partial charge in [0, 0.05) is 30.3 Å². The molecule has 0 atom stereocenters. The van der Waals surface area contributed by atoms with Gasteiger partial charge in [-0.3, -0.25) is 9.69 Å². The predicted molar refractivity (Wildman–Crippen MR) is 114 cm³/mol. The third kappa shape index (κ3) is 5.06. The van der Waals surface area contributed by atoms with E-state index in [2.05, 4.69) is 39.6 Å². The summed E-state index contributed by atoms with van der Waals surface area (Å²) in [6, 6.07) is 8.22. The van der Waals surface area contributed by atoms with Crippen molar-refractivity contribution in [3.8, 4) is 0 Å². The summed E-state index contributed by atoms with van der Waals surface area (Å²) in [4.78, 5) is 17.9. The number of aryl methyl sites for hydroxylation is 1. The van der Waals surface area contributed by atoms with Gasteiger partial charge >= 0.3 is 0 Å². The van der Waals surface area contributed by atoms with Crippen molar-refractivity contribution in [2.75, 3.05) is 16.8 Å². The molecular formula is C18H21N5OS3. The minimum absolute atomic E-state index is 0.0123. The summed E-state index contributed by atoms with van der Waals surface area (Å²) in [6.45, 7) is 6.27. The Morgan fingerprint density at radius 1 is 1.26 bits per heavy atom. The molecule has 6 nitrogen and oxygen atoms in total. The number of nitrogens with one attached hydrogen (secondary N) is 1. The second-order valence-electron chi connectivity index (χ2n) is 5.68. The monoisotopic (exact) mass is 419 g/mol. The van der Waals surface area contributed by atoms with Crippen molar-refractivity contribution >= 4 is 56.3 Å². The van der Waals surface area contributed by atoms with Crippen LogP contribution in [0.15, 0.2) is 34.0 Å². The lowest BCUT2D eigenvalue weighted by Crippen LogP contribution is -2.27. The molecule has 0 spiro atoms. The van der Waals surface area contributed by atoms with Gasteiger partial charge in [-0.15, -0.1) is 21.5 Å². The molecule has 0 saturated heterocycles. The van der Waals surface area contributed by atoms with E-state index >= 15 is 0 Å². The zero-order chi connectivity index (χ0) is 19.2. The molecule has 3 aromatic rings. The van der Waals surface area contributed by atoms with E-state index in [1.807, 2.05) is 24.4 Å². The van der Waals surface area contributed by atoms with Crippen LogP contribution in [-0.4, -0.2) is 27.6 Å². The lowest BCUT2D eigenvalue weighted by molar-refractivity contribution is -0.116. The largest absolute Gasteiger partial charge is 0.330 e. The first-order valence-electron chi connectivity index (χ1n) is 8.64. The first-order chi connectivity index (χ1) is 13.1. The van der Waals surface area contributed by atoms with Crippen LogP contribution in [0, 0.1) is 0 Å². The van der Waals surface area contributed by atoms with Crippen LogP contribution in [-0.2, 0) is 17.0 Å². The van der Waals surface area contributed by atoms with Crippen molar-refractivity contribution in [3.05, 3.63) is 40.9 Å². The van der Waals surface area contributed by atoms with Gasteiger partial charge in [-0.05, 0) is 25.0 Å². The van der Waals surface area contributed by atoms with Crippen LogP contribution in [0.2, 0.25) is 0 Å². The number of hydrogen-bond donors (Lipinski definition) is 1. The molecule has 0 unspecified atom stereocenters. The number of rotatable bonds is 8. The molecule has 1 amide bonds. The van der Waals surface area contributed by atoms with E-state index in [0.717, 1.165) is 32.4 Å². The molecule has 142 valence electrons. The van der Waals surface area contributed by atoms with Gasteiger partial charge in [0.25, 0.3) is 0 Å². The van der Waals surface area contributed by atoms with Gasteiger partial charge in [0.1, 0.15) is 0 Å². The second kappa shape index (κ2) is 9.29. The van der Waals surface area contributed by atoms with Gasteiger partial charge in [-0.1, -0.05) is 48.2 Å². The molecule has 0 radical (unpaired) electrons. The zero-order valence-corrected chi connectivity index (χ0v) is 17.9. The highest BCUT2D eigenvalue weighted by atomic mass is 32.2. The van der Waals surface area contributed by atoms with Crippen molar-refractivity contribution in [2.24, 2.45) is 0 Å². The molecule has 0 aliphatic heterocycles. The Labute approximate surface area is 171 Å². The van der Waals surface area contributed by atoms with Crippen LogP contribution in [0.1, 0.15) is 32.0 Å². The molecule has 27 heavy (non-hydrogen) atoms. The van der Waals surface area contributed by atoms with E-state index in [1.165, 1.54) is 28.2 Å². The van der Waals surface area contributed by atoms with E-state index in [-0.39, 0.29) is 5.91 Å². The van der Waals surface area contributed by atoms with E-state index < -0.39 is 0 Å². The summed E-state index contributed by atoms with van der Waals surface area (Å²) in [5, 5.41) is 15.4. The molecule has 1 N–H and O–H groups in total. The van der Waals surface area contributed by atoms with Crippen molar-refractivity contribution < 1.29 is 4.79 Å². The van der Waals surface area contributed by atoms with Crippen LogP contribution in [0.4, 0.5) is 16.0 Å². The van der Waals surface area contributed by atoms with Crippen LogP contribution >= 0.6 is 34.4 Å². The summed E-state index contributed by atoms with van der Waals surface area (Å²) in [5.74, 6) is 0.713. The Balaban J connectivity index is 1.60. The summed E-state index contributed by atoms with van der Waals surface area (Å²) >= 11 is 4.62. The molecule has 0 aliphatic rings. The average molecular weight is 420 g/mol. The molecule has 2 heterocycles. The van der Waals surface area contributed by atoms with Crippen molar-refractivity contribution in [1.82, 2.24) is 15.2 Å². The maximum absolute atomic E-state index is 11.6. The molecular weight excluding hydrogens is 398 g/mol. The summed E-state index contributed by atoms with van der Waals surface area (Å²) in [5.41, 5.74) is 3.27. The molecule has 0 saturated carbocycles. The van der Waals surface area contributed by atoms with Gasteiger partial charge in [0.2, 0.25) is 11.0 Å². The van der Waals surface area contributed by atoms with Gasteiger partial charge in [-0.25, -0.2) is 4.98 Å². The number of aromatic nitrogens is 3. The lowest BCUT2D eigenvalue weighted by atomic mass is 10.1. The zero-order valence-electron chi connectivity index (χ0n) is 15.4. The standard InChI is InChI=1S/C18H21N5OS3/c1-4-13-8-6-7-9-15(13)20-16-21-22-18(27-16)26-11-14-10-25-17(19-14)23(5-2)12(3)24/h6-10H,4-5,11H2,1-3H3,(H,20,21). The second-order valence-corrected chi connectivity index (χ2v) is 8.72. The summed E-state index contributed by atoms with van der Waals surface area (Å²) < 4.78 is 0.889. The quantitative estimate of drug-likeness (QED) is 0.520.